The minimum absolute atomic E-state index is 0.447. The third-order valence-corrected chi connectivity index (χ3v) is 2.50. The Morgan fingerprint density at radius 1 is 0.900 bits per heavy atom. The molecule has 0 aliphatic carbocycles. The van der Waals surface area contributed by atoms with Gasteiger partial charge in [-0.15, -0.1) is 0 Å². The van der Waals surface area contributed by atoms with E-state index < -0.39 is 40.2 Å². The van der Waals surface area contributed by atoms with Gasteiger partial charge < -0.3 is 4.74 Å². The summed E-state index contributed by atoms with van der Waals surface area (Å²) in [6.45, 7) is -2.22. The van der Waals surface area contributed by atoms with E-state index in [1.54, 1.807) is 0 Å². The normalized spacial score (nSPS) is 15.5. The first-order chi connectivity index (χ1) is 8.52. The lowest BCUT2D eigenvalue weighted by molar-refractivity contribution is -0.458. The number of alkyl halides is 8. The van der Waals surface area contributed by atoms with Crippen LogP contribution in [0.15, 0.2) is 0 Å². The van der Waals surface area contributed by atoms with Crippen molar-refractivity contribution in [2.45, 2.75) is 23.4 Å². The average molecular weight is 344 g/mol. The molecule has 0 aromatic rings. The van der Waals surface area contributed by atoms with Crippen LogP contribution in [0.2, 0.25) is 0 Å². The van der Waals surface area contributed by atoms with Gasteiger partial charge in [0.15, 0.2) is 0 Å². The maximum atomic E-state index is 12.6. The van der Waals surface area contributed by atoms with E-state index in [1.807, 2.05) is 4.74 Å². The first kappa shape index (κ1) is 19.2. The fraction of sp³-hybridized carbons (Fsp3) is 1.00. The number of ether oxygens (including phenoxy) is 2. The second kappa shape index (κ2) is 5.22. The summed E-state index contributed by atoms with van der Waals surface area (Å²) in [5, 5.41) is -6.80. The quantitative estimate of drug-likeness (QED) is 0.526. The summed E-state index contributed by atoms with van der Waals surface area (Å²) in [4.78, 5) is 0. The van der Waals surface area contributed by atoms with Crippen LogP contribution in [0, 0.1) is 0 Å². The topological polar surface area (TPSA) is 52.6 Å². The fourth-order valence-electron chi connectivity index (χ4n) is 0.702. The van der Waals surface area contributed by atoms with E-state index in [2.05, 4.69) is 4.74 Å². The highest BCUT2D eigenvalue weighted by Crippen LogP contribution is 2.47. The zero-order valence-corrected chi connectivity index (χ0v) is 9.97. The van der Waals surface area contributed by atoms with Gasteiger partial charge in [0.05, 0.1) is 0 Å². The Morgan fingerprint density at radius 3 is 1.60 bits per heavy atom. The van der Waals surface area contributed by atoms with E-state index in [0.717, 1.165) is 0 Å². The minimum atomic E-state index is -7.41. The van der Waals surface area contributed by atoms with Gasteiger partial charge in [0.1, 0.15) is 6.61 Å². The summed E-state index contributed by atoms with van der Waals surface area (Å²) in [6.07, 6.45) is -13.0. The van der Waals surface area contributed by atoms with Crippen LogP contribution in [-0.2, 0) is 19.7 Å². The van der Waals surface area contributed by atoms with Crippen LogP contribution in [0.3, 0.4) is 0 Å². The SMILES string of the molecule is COCC(F)(F)C(F)(F)OC(F)(F)C(F)(F)S(=O)(=O)F. The van der Waals surface area contributed by atoms with Gasteiger partial charge >= 0.3 is 33.6 Å². The highest BCUT2D eigenvalue weighted by Gasteiger charge is 2.74. The van der Waals surface area contributed by atoms with Crippen molar-refractivity contribution in [3.05, 3.63) is 0 Å². The second-order valence-corrected chi connectivity index (χ2v) is 4.62. The van der Waals surface area contributed by atoms with Crippen LogP contribution in [0.25, 0.3) is 0 Å². The van der Waals surface area contributed by atoms with Crippen molar-refractivity contribution in [1.29, 1.82) is 0 Å². The van der Waals surface area contributed by atoms with E-state index in [-0.39, 0.29) is 0 Å². The highest BCUT2D eigenvalue weighted by atomic mass is 32.3. The lowest BCUT2D eigenvalue weighted by Gasteiger charge is -2.30. The molecule has 0 spiro atoms. The Morgan fingerprint density at radius 2 is 1.30 bits per heavy atom. The van der Waals surface area contributed by atoms with E-state index in [4.69, 9.17) is 0 Å². The Kier molecular flexibility index (Phi) is 5.02. The molecule has 0 radical (unpaired) electrons. The largest absolute Gasteiger partial charge is 0.464 e. The summed E-state index contributed by atoms with van der Waals surface area (Å²) in [6, 6.07) is 0. The predicted octanol–water partition coefficient (Wildman–Crippen LogP) is 2.36. The summed E-state index contributed by atoms with van der Waals surface area (Å²) in [5.74, 6) is -5.51. The highest BCUT2D eigenvalue weighted by molar-refractivity contribution is 7.87. The van der Waals surface area contributed by atoms with Gasteiger partial charge in [0.25, 0.3) is 0 Å². The molecule has 0 rings (SSSR count). The Balaban J connectivity index is 5.49. The fourth-order valence-corrected chi connectivity index (χ4v) is 1.03. The van der Waals surface area contributed by atoms with Gasteiger partial charge in [0, 0.05) is 7.11 Å². The molecule has 0 amide bonds. The molecule has 0 fully saturated rings. The Labute approximate surface area is 105 Å². The van der Waals surface area contributed by atoms with Gasteiger partial charge in [-0.3, -0.25) is 0 Å². The number of methoxy groups -OCH3 is 1. The summed E-state index contributed by atoms with van der Waals surface area (Å²) < 4.78 is 137. The number of rotatable bonds is 7. The molecular formula is C6H5F9O4S. The van der Waals surface area contributed by atoms with Crippen molar-refractivity contribution in [3.8, 4) is 0 Å². The lowest BCUT2D eigenvalue weighted by Crippen LogP contribution is -2.56. The third-order valence-electron chi connectivity index (χ3n) is 1.65. The average Bonchev–Trinajstić information content (AvgIpc) is 2.13. The zero-order valence-electron chi connectivity index (χ0n) is 9.15. The smallest absolute Gasteiger partial charge is 0.378 e. The third kappa shape index (κ3) is 3.46. The molecule has 0 N–H and O–H groups in total. The number of hydrogen-bond acceptors (Lipinski definition) is 4. The van der Waals surface area contributed by atoms with Crippen molar-refractivity contribution in [2.75, 3.05) is 13.7 Å². The van der Waals surface area contributed by atoms with E-state index >= 15 is 0 Å². The van der Waals surface area contributed by atoms with Crippen LogP contribution in [0.5, 0.6) is 0 Å². The van der Waals surface area contributed by atoms with Crippen LogP contribution in [0.1, 0.15) is 0 Å². The summed E-state index contributed by atoms with van der Waals surface area (Å²) in [5.41, 5.74) is 0. The monoisotopic (exact) mass is 344 g/mol. The standard InChI is InChI=1S/C6H5F9O4S/c1-18-2-3(7,8)4(9,10)19-5(11,12)6(13,14)20(15,16)17/h2H2,1H3. The lowest BCUT2D eigenvalue weighted by atomic mass is 10.3. The van der Waals surface area contributed by atoms with E-state index in [0.29, 0.717) is 7.11 Å². The van der Waals surface area contributed by atoms with Gasteiger partial charge in [-0.2, -0.15) is 43.5 Å². The number of hydrogen-bond donors (Lipinski definition) is 0. The molecule has 0 aliphatic heterocycles. The van der Waals surface area contributed by atoms with Gasteiger partial charge in [-0.05, 0) is 0 Å². The van der Waals surface area contributed by atoms with Crippen molar-refractivity contribution in [2.24, 2.45) is 0 Å². The van der Waals surface area contributed by atoms with Crippen LogP contribution in [0.4, 0.5) is 39.0 Å². The molecule has 0 aliphatic rings. The van der Waals surface area contributed by atoms with Crippen molar-refractivity contribution < 1.29 is 56.9 Å². The van der Waals surface area contributed by atoms with Crippen LogP contribution in [-0.4, -0.2) is 45.5 Å². The molecule has 14 heteroatoms. The first-order valence-corrected chi connectivity index (χ1v) is 5.55. The zero-order chi connectivity index (χ0) is 16.6. The molecular weight excluding hydrogens is 339 g/mol. The first-order valence-electron chi connectivity index (χ1n) is 4.16. The Bertz CT molecular complexity index is 445. The molecule has 0 aromatic heterocycles. The van der Waals surface area contributed by atoms with Crippen LogP contribution < -0.4 is 0 Å². The van der Waals surface area contributed by atoms with E-state index in [9.17, 15) is 47.4 Å². The molecule has 4 nitrogen and oxygen atoms in total. The second-order valence-electron chi connectivity index (χ2n) is 3.23. The molecule has 0 saturated heterocycles. The summed E-state index contributed by atoms with van der Waals surface area (Å²) >= 11 is 0. The maximum absolute atomic E-state index is 12.6. The van der Waals surface area contributed by atoms with Crippen LogP contribution >= 0.6 is 0 Å². The molecule has 0 heterocycles. The molecule has 0 unspecified atom stereocenters. The van der Waals surface area contributed by atoms with Gasteiger partial charge in [-0.25, -0.2) is 4.74 Å². The predicted molar refractivity (Wildman–Crippen MR) is 42.8 cm³/mol. The minimum Gasteiger partial charge on any atom is -0.378 e. The number of halogens is 9. The molecule has 0 bridgehead atoms. The van der Waals surface area contributed by atoms with Crippen molar-refractivity contribution >= 4 is 10.2 Å². The Hall–Kier alpha value is -0.760. The van der Waals surface area contributed by atoms with Crippen molar-refractivity contribution in [1.82, 2.24) is 0 Å². The van der Waals surface area contributed by atoms with Gasteiger partial charge in [0.2, 0.25) is 0 Å². The van der Waals surface area contributed by atoms with Gasteiger partial charge in [-0.1, -0.05) is 3.89 Å². The summed E-state index contributed by atoms with van der Waals surface area (Å²) in [7, 11) is -6.96. The van der Waals surface area contributed by atoms with Crippen molar-refractivity contribution in [3.63, 3.8) is 0 Å². The molecule has 20 heavy (non-hydrogen) atoms. The molecule has 0 atom stereocenters. The molecule has 122 valence electrons. The van der Waals surface area contributed by atoms with E-state index in [1.165, 1.54) is 0 Å². The molecule has 0 saturated carbocycles. The molecule has 0 aromatic carbocycles. The maximum Gasteiger partial charge on any atom is 0.464 e.